The van der Waals surface area contributed by atoms with E-state index in [1.54, 1.807) is 6.92 Å². The third-order valence-electron chi connectivity index (χ3n) is 1.13. The third kappa shape index (κ3) is 1.92. The predicted octanol–water partition coefficient (Wildman–Crippen LogP) is -0.370. The first-order valence-corrected chi connectivity index (χ1v) is 4.18. The van der Waals surface area contributed by atoms with E-state index in [4.69, 9.17) is 0 Å². The van der Waals surface area contributed by atoms with E-state index in [2.05, 4.69) is 8.91 Å². The summed E-state index contributed by atoms with van der Waals surface area (Å²) in [4.78, 5) is 0. The van der Waals surface area contributed by atoms with Gasteiger partial charge in [0.25, 0.3) is 0 Å². The van der Waals surface area contributed by atoms with Crippen molar-refractivity contribution in [3.8, 4) is 0 Å². The van der Waals surface area contributed by atoms with E-state index in [-0.39, 0.29) is 6.04 Å². The highest BCUT2D eigenvalue weighted by Crippen LogP contribution is 2.03. The first-order valence-electron chi connectivity index (χ1n) is 2.77. The molecular formula is C4H9NO3S. The Balaban J connectivity index is 2.62. The van der Waals surface area contributed by atoms with Crippen LogP contribution in [0.5, 0.6) is 0 Å². The van der Waals surface area contributed by atoms with E-state index < -0.39 is 10.3 Å². The van der Waals surface area contributed by atoms with E-state index >= 15 is 0 Å². The predicted molar refractivity (Wildman–Crippen MR) is 32.1 cm³/mol. The van der Waals surface area contributed by atoms with E-state index in [1.807, 2.05) is 0 Å². The lowest BCUT2D eigenvalue weighted by atomic mass is 10.3. The molecular weight excluding hydrogens is 142 g/mol. The second-order valence-electron chi connectivity index (χ2n) is 2.08. The summed E-state index contributed by atoms with van der Waals surface area (Å²) in [5, 5.41) is 0. The Morgan fingerprint density at radius 2 is 2.33 bits per heavy atom. The molecule has 0 aromatic carbocycles. The summed E-state index contributed by atoms with van der Waals surface area (Å²) in [6.07, 6.45) is 0.749. The molecule has 1 rings (SSSR count). The van der Waals surface area contributed by atoms with Gasteiger partial charge < -0.3 is 0 Å². The van der Waals surface area contributed by atoms with Crippen LogP contribution in [0.2, 0.25) is 0 Å². The number of nitrogens with one attached hydrogen (secondary N) is 1. The summed E-state index contributed by atoms with van der Waals surface area (Å²) in [5.41, 5.74) is 0. The standard InChI is InChI=1S/C4H9NO3S/c1-4-2-3-8-9(6,7)5-4/h4-5H,2-3H2,1H3. The maximum Gasteiger partial charge on any atom is 0.336 e. The van der Waals surface area contributed by atoms with E-state index in [1.165, 1.54) is 0 Å². The lowest BCUT2D eigenvalue weighted by molar-refractivity contribution is 0.262. The molecule has 1 aliphatic rings. The Kier molecular flexibility index (Phi) is 1.74. The molecule has 0 spiro atoms. The SMILES string of the molecule is CC1CCOS(=O)(=O)N1. The fourth-order valence-corrected chi connectivity index (χ4v) is 1.67. The molecule has 9 heavy (non-hydrogen) atoms. The summed E-state index contributed by atoms with van der Waals surface area (Å²) < 4.78 is 27.8. The van der Waals surface area contributed by atoms with Crippen LogP contribution in [0.4, 0.5) is 0 Å². The average Bonchev–Trinajstić information content (AvgIpc) is 1.60. The van der Waals surface area contributed by atoms with Crippen molar-refractivity contribution in [1.82, 2.24) is 4.72 Å². The Labute approximate surface area is 54.5 Å². The van der Waals surface area contributed by atoms with Gasteiger partial charge in [-0.3, -0.25) is 4.18 Å². The molecule has 0 radical (unpaired) electrons. The Bertz CT molecular complexity index is 186. The van der Waals surface area contributed by atoms with Gasteiger partial charge in [0.2, 0.25) is 0 Å². The van der Waals surface area contributed by atoms with Gasteiger partial charge in [-0.2, -0.15) is 13.1 Å². The van der Waals surface area contributed by atoms with Gasteiger partial charge in [-0.1, -0.05) is 0 Å². The van der Waals surface area contributed by atoms with Gasteiger partial charge in [0, 0.05) is 6.04 Å². The lowest BCUT2D eigenvalue weighted by Crippen LogP contribution is -2.39. The van der Waals surface area contributed by atoms with Crippen molar-refractivity contribution in [1.29, 1.82) is 0 Å². The summed E-state index contributed by atoms with van der Waals surface area (Å²) in [5.74, 6) is 0. The van der Waals surface area contributed by atoms with Crippen LogP contribution < -0.4 is 4.72 Å². The molecule has 1 heterocycles. The average molecular weight is 151 g/mol. The Hall–Kier alpha value is -0.130. The largest absolute Gasteiger partial charge is 0.336 e. The van der Waals surface area contributed by atoms with Gasteiger partial charge in [-0.15, -0.1) is 0 Å². The second kappa shape index (κ2) is 2.24. The van der Waals surface area contributed by atoms with Gasteiger partial charge in [0.05, 0.1) is 6.61 Å². The van der Waals surface area contributed by atoms with Crippen molar-refractivity contribution in [2.45, 2.75) is 19.4 Å². The summed E-state index contributed by atoms with van der Waals surface area (Å²) >= 11 is 0. The zero-order valence-electron chi connectivity index (χ0n) is 5.12. The monoisotopic (exact) mass is 151 g/mol. The number of rotatable bonds is 0. The summed E-state index contributed by atoms with van der Waals surface area (Å²) in [7, 11) is -3.38. The molecule has 1 aliphatic heterocycles. The fourth-order valence-electron chi connectivity index (χ4n) is 0.674. The molecule has 54 valence electrons. The lowest BCUT2D eigenvalue weighted by Gasteiger charge is -2.18. The van der Waals surface area contributed by atoms with Crippen LogP contribution in [0, 0.1) is 0 Å². The molecule has 4 nitrogen and oxygen atoms in total. The van der Waals surface area contributed by atoms with Crippen LogP contribution in [0.1, 0.15) is 13.3 Å². The molecule has 1 atom stereocenters. The second-order valence-corrected chi connectivity index (χ2v) is 3.46. The van der Waals surface area contributed by atoms with Crippen LogP contribution in [-0.2, 0) is 14.5 Å². The maximum absolute atomic E-state index is 10.5. The first kappa shape index (κ1) is 6.98. The van der Waals surface area contributed by atoms with Gasteiger partial charge in [-0.25, -0.2) is 0 Å². The topological polar surface area (TPSA) is 55.4 Å². The quantitative estimate of drug-likeness (QED) is 0.514. The third-order valence-corrected chi connectivity index (χ3v) is 2.30. The summed E-state index contributed by atoms with van der Waals surface area (Å²) in [6, 6.07) is 0.0174. The first-order chi connectivity index (χ1) is 4.10. The highest BCUT2D eigenvalue weighted by molar-refractivity contribution is 7.84. The molecule has 0 aromatic heterocycles. The smallest absolute Gasteiger partial charge is 0.258 e. The molecule has 0 saturated carbocycles. The van der Waals surface area contributed by atoms with Gasteiger partial charge in [-0.05, 0) is 13.3 Å². The molecule has 5 heteroatoms. The highest BCUT2D eigenvalue weighted by atomic mass is 32.2. The zero-order valence-corrected chi connectivity index (χ0v) is 5.94. The van der Waals surface area contributed by atoms with Crippen LogP contribution in [0.15, 0.2) is 0 Å². The van der Waals surface area contributed by atoms with Crippen molar-refractivity contribution in [2.24, 2.45) is 0 Å². The normalized spacial score (nSPS) is 34.1. The van der Waals surface area contributed by atoms with Gasteiger partial charge in [0.15, 0.2) is 0 Å². The van der Waals surface area contributed by atoms with Crippen molar-refractivity contribution in [2.75, 3.05) is 6.61 Å². The molecule has 0 bridgehead atoms. The highest BCUT2D eigenvalue weighted by Gasteiger charge is 2.20. The number of hydrogen-bond donors (Lipinski definition) is 1. The minimum atomic E-state index is -3.38. The van der Waals surface area contributed by atoms with Crippen LogP contribution in [-0.4, -0.2) is 21.1 Å². The van der Waals surface area contributed by atoms with Crippen molar-refractivity contribution < 1.29 is 12.6 Å². The fraction of sp³-hybridized carbons (Fsp3) is 1.00. The molecule has 1 fully saturated rings. The van der Waals surface area contributed by atoms with Crippen LogP contribution >= 0.6 is 0 Å². The van der Waals surface area contributed by atoms with Crippen molar-refractivity contribution in [3.05, 3.63) is 0 Å². The van der Waals surface area contributed by atoms with Crippen LogP contribution in [0.25, 0.3) is 0 Å². The maximum atomic E-state index is 10.5. The van der Waals surface area contributed by atoms with Crippen molar-refractivity contribution >= 4 is 10.3 Å². The van der Waals surface area contributed by atoms with E-state index in [9.17, 15) is 8.42 Å². The molecule has 0 aliphatic carbocycles. The minimum Gasteiger partial charge on any atom is -0.258 e. The zero-order chi connectivity index (χ0) is 6.91. The molecule has 1 N–H and O–H groups in total. The molecule has 1 saturated heterocycles. The molecule has 1 unspecified atom stereocenters. The van der Waals surface area contributed by atoms with E-state index in [0.717, 1.165) is 6.42 Å². The Morgan fingerprint density at radius 3 is 2.67 bits per heavy atom. The van der Waals surface area contributed by atoms with E-state index in [0.29, 0.717) is 6.61 Å². The Morgan fingerprint density at radius 1 is 1.67 bits per heavy atom. The van der Waals surface area contributed by atoms with Gasteiger partial charge in [0.1, 0.15) is 0 Å². The van der Waals surface area contributed by atoms with Crippen molar-refractivity contribution in [3.63, 3.8) is 0 Å². The van der Waals surface area contributed by atoms with Gasteiger partial charge >= 0.3 is 10.3 Å². The minimum absolute atomic E-state index is 0.0174. The molecule has 0 amide bonds. The van der Waals surface area contributed by atoms with Crippen LogP contribution in [0.3, 0.4) is 0 Å². The number of hydrogen-bond acceptors (Lipinski definition) is 3. The molecule has 0 aromatic rings. The summed E-state index contributed by atoms with van der Waals surface area (Å²) in [6.45, 7) is 2.11.